The van der Waals surface area contributed by atoms with Gasteiger partial charge in [-0.05, 0) is 132 Å². The molecule has 6 aromatic carbocycles. The third kappa shape index (κ3) is 12.9. The number of unbranched alkanes of at least 4 members (excludes halogenated alkanes) is 1. The van der Waals surface area contributed by atoms with Gasteiger partial charge in [-0.15, -0.1) is 0 Å². The van der Waals surface area contributed by atoms with Gasteiger partial charge in [0.25, 0.3) is 17.7 Å². The van der Waals surface area contributed by atoms with E-state index in [0.29, 0.717) is 29.5 Å². The van der Waals surface area contributed by atoms with Crippen LogP contribution in [0.3, 0.4) is 0 Å². The first-order chi connectivity index (χ1) is 46.2. The summed E-state index contributed by atoms with van der Waals surface area (Å²) >= 11 is 0. The standard InChI is InChI=1S/C72H65F6N9O9/c1-6-9-22-83-38-56(61(41-14-10-18-47(73)23-41)42-15-11-19-48(74)24-42)86-65(71(83)92)68(59(89)34-80-86)95-53-30-46(28-52(78)31-53)63(44-17-13-21-50(76)26-44)57-39-84(36-40(4)5)72(93)66-69(60(90)35-81-87(57)66)96-54-29-45(27-51(77)32-54)62(43-16-12-20-49(75)25-43)55-37-82(7-2)70(91)64-67(94-8-3)58(88)33-79-85(55)64/h10-21,23-35,40,55-57,61-63H,6-9,22,36-39H2,1-5H3. The fourth-order valence-corrected chi connectivity index (χ4v) is 13.5. The number of carbonyl (C=O) groups is 3. The van der Waals surface area contributed by atoms with Crippen LogP contribution < -0.4 is 30.5 Å². The van der Waals surface area contributed by atoms with Gasteiger partial charge in [-0.3, -0.25) is 42.8 Å². The molecule has 0 saturated carbocycles. The molecule has 0 spiro atoms. The predicted octanol–water partition coefficient (Wildman–Crippen LogP) is 12.1. The third-order valence-corrected chi connectivity index (χ3v) is 17.5. The maximum absolute atomic E-state index is 16.9. The SMILES string of the molecule is CCCCN1CC(C(c2cccc(F)c2)c2cccc(F)c2)n2ncc(=O)c(Oc3cc(F)cc(C(c4cccc(F)c4)C4CN(CC(C)C)C(=O)c5c(Oc6cc(F)cc(C(c7cccc(F)c7)C7CN(CC)C(=O)c8c(OCC)c(=O)cnn87)c6)c(=O)cnn54)c3)c2C1=O. The first kappa shape index (κ1) is 65.4. The molecule has 0 bridgehead atoms. The van der Waals surface area contributed by atoms with Crippen LogP contribution in [0.25, 0.3) is 0 Å². The zero-order chi connectivity index (χ0) is 67.8. The minimum atomic E-state index is -1.21. The normalized spacial score (nSPS) is 16.7. The van der Waals surface area contributed by atoms with Crippen molar-refractivity contribution in [2.45, 2.75) is 83.3 Å². The molecule has 3 amide bonds. The molecule has 5 atom stereocenters. The van der Waals surface area contributed by atoms with Crippen LogP contribution in [0.1, 0.15) is 148 Å². The first-order valence-electron chi connectivity index (χ1n) is 31.6. The number of likely N-dealkylation sites (N-methyl/N-ethyl adjacent to an activating group) is 1. The Balaban J connectivity index is 0.979. The maximum atomic E-state index is 16.9. The highest BCUT2D eigenvalue weighted by molar-refractivity contribution is 5.97. The molecule has 6 heterocycles. The lowest BCUT2D eigenvalue weighted by atomic mass is 9.83. The third-order valence-electron chi connectivity index (χ3n) is 17.5. The lowest BCUT2D eigenvalue weighted by Crippen LogP contribution is -2.48. The molecule has 494 valence electrons. The molecule has 12 rings (SSSR count). The summed E-state index contributed by atoms with van der Waals surface area (Å²) in [5, 5.41) is 13.4. The number of amides is 3. The second-order valence-corrected chi connectivity index (χ2v) is 24.4. The Labute approximate surface area is 546 Å². The van der Waals surface area contributed by atoms with Gasteiger partial charge in [0.05, 0.1) is 43.3 Å². The molecule has 0 aliphatic carbocycles. The van der Waals surface area contributed by atoms with Crippen LogP contribution >= 0.6 is 0 Å². The van der Waals surface area contributed by atoms with E-state index in [1.807, 2.05) is 20.8 Å². The maximum Gasteiger partial charge on any atom is 0.276 e. The number of nitrogens with zero attached hydrogens (tertiary/aromatic N) is 9. The summed E-state index contributed by atoms with van der Waals surface area (Å²) in [5.41, 5.74) is -1.87. The average Bonchev–Trinajstić information content (AvgIpc) is 0.755. The van der Waals surface area contributed by atoms with Gasteiger partial charge in [0, 0.05) is 69.2 Å². The van der Waals surface area contributed by atoms with Gasteiger partial charge in [0.2, 0.25) is 27.8 Å². The van der Waals surface area contributed by atoms with Crippen LogP contribution in [0, 0.1) is 40.8 Å². The smallest absolute Gasteiger partial charge is 0.276 e. The Morgan fingerprint density at radius 3 is 1.18 bits per heavy atom. The molecular weight excluding hydrogens is 1250 g/mol. The molecule has 18 nitrogen and oxygen atoms in total. The van der Waals surface area contributed by atoms with Crippen molar-refractivity contribution in [2.75, 3.05) is 45.9 Å². The summed E-state index contributed by atoms with van der Waals surface area (Å²) in [6.07, 6.45) is 4.01. The van der Waals surface area contributed by atoms with E-state index in [-0.39, 0.29) is 97.1 Å². The molecule has 3 aliphatic heterocycles. The number of hydrogen-bond acceptors (Lipinski definition) is 12. The summed E-state index contributed by atoms with van der Waals surface area (Å²) in [7, 11) is 0. The second kappa shape index (κ2) is 27.4. The van der Waals surface area contributed by atoms with Crippen molar-refractivity contribution in [1.29, 1.82) is 0 Å². The summed E-state index contributed by atoms with van der Waals surface area (Å²) < 4.78 is 118. The number of carbonyl (C=O) groups excluding carboxylic acids is 3. The second-order valence-electron chi connectivity index (χ2n) is 24.4. The molecule has 0 saturated heterocycles. The van der Waals surface area contributed by atoms with Gasteiger partial charge in [0.15, 0.2) is 22.8 Å². The predicted molar refractivity (Wildman–Crippen MR) is 341 cm³/mol. The molecule has 3 aromatic heterocycles. The summed E-state index contributed by atoms with van der Waals surface area (Å²) in [6.45, 7) is 9.16. The van der Waals surface area contributed by atoms with Crippen molar-refractivity contribution in [3.05, 3.63) is 268 Å². The number of benzene rings is 6. The molecule has 5 unspecified atom stereocenters. The Hall–Kier alpha value is -10.7. The van der Waals surface area contributed by atoms with E-state index in [2.05, 4.69) is 15.3 Å². The highest BCUT2D eigenvalue weighted by Gasteiger charge is 2.45. The summed E-state index contributed by atoms with van der Waals surface area (Å²) in [4.78, 5) is 90.7. The fourth-order valence-electron chi connectivity index (χ4n) is 13.5. The van der Waals surface area contributed by atoms with E-state index in [4.69, 9.17) is 14.2 Å². The number of hydrogen-bond donors (Lipinski definition) is 0. The van der Waals surface area contributed by atoms with Gasteiger partial charge in [-0.1, -0.05) is 75.7 Å². The number of fused-ring (bicyclic) bond motifs is 3. The minimum absolute atomic E-state index is 0.0126. The number of ether oxygens (including phenoxy) is 3. The number of rotatable bonds is 21. The lowest BCUT2D eigenvalue weighted by molar-refractivity contribution is 0.0607. The van der Waals surface area contributed by atoms with Crippen molar-refractivity contribution in [1.82, 2.24) is 44.0 Å². The first-order valence-corrected chi connectivity index (χ1v) is 31.6. The zero-order valence-electron chi connectivity index (χ0n) is 52.8. The fraction of sp³-hybridized carbons (Fsp3) is 0.292. The van der Waals surface area contributed by atoms with Gasteiger partial charge in [-0.25, -0.2) is 26.3 Å². The van der Waals surface area contributed by atoms with E-state index in [1.54, 1.807) is 38.1 Å². The molecular formula is C72H65F6N9O9. The van der Waals surface area contributed by atoms with Gasteiger partial charge in [-0.2, -0.15) is 15.3 Å². The average molecular weight is 1310 g/mol. The van der Waals surface area contributed by atoms with E-state index < -0.39 is 122 Å². The highest BCUT2D eigenvalue weighted by Crippen LogP contribution is 2.46. The largest absolute Gasteiger partial charge is 0.488 e. The van der Waals surface area contributed by atoms with Crippen LogP contribution in [0.5, 0.6) is 28.7 Å². The molecule has 0 fully saturated rings. The highest BCUT2D eigenvalue weighted by atomic mass is 19.1. The van der Waals surface area contributed by atoms with Crippen molar-refractivity contribution in [3.63, 3.8) is 0 Å². The Kier molecular flexibility index (Phi) is 18.6. The van der Waals surface area contributed by atoms with E-state index in [9.17, 15) is 24.0 Å². The van der Waals surface area contributed by atoms with E-state index >= 15 is 31.1 Å². The summed E-state index contributed by atoms with van der Waals surface area (Å²) in [5.74, 6) is -11.7. The summed E-state index contributed by atoms with van der Waals surface area (Å²) in [6, 6.07) is 26.4. The quantitative estimate of drug-likeness (QED) is 0.0619. The van der Waals surface area contributed by atoms with Crippen molar-refractivity contribution >= 4 is 17.7 Å². The van der Waals surface area contributed by atoms with Crippen molar-refractivity contribution in [2.24, 2.45) is 5.92 Å². The topological polar surface area (TPSA) is 193 Å². The van der Waals surface area contributed by atoms with Crippen LogP contribution in [-0.4, -0.2) is 108 Å². The molecule has 0 radical (unpaired) electrons. The van der Waals surface area contributed by atoms with Crippen molar-refractivity contribution in [3.8, 4) is 28.7 Å². The van der Waals surface area contributed by atoms with Crippen LogP contribution in [0.4, 0.5) is 26.3 Å². The van der Waals surface area contributed by atoms with Crippen molar-refractivity contribution < 1.29 is 54.9 Å². The van der Waals surface area contributed by atoms with Crippen LogP contribution in [-0.2, 0) is 0 Å². The Morgan fingerprint density at radius 1 is 0.438 bits per heavy atom. The lowest BCUT2D eigenvalue weighted by Gasteiger charge is -2.40. The van der Waals surface area contributed by atoms with Crippen LogP contribution in [0.2, 0.25) is 0 Å². The number of halogens is 6. The van der Waals surface area contributed by atoms with Gasteiger partial charge in [0.1, 0.15) is 46.4 Å². The Morgan fingerprint density at radius 2 is 0.792 bits per heavy atom. The molecule has 9 aromatic rings. The molecule has 3 aliphatic rings. The minimum Gasteiger partial charge on any atom is -0.488 e. The zero-order valence-corrected chi connectivity index (χ0v) is 52.8. The molecule has 0 N–H and O–H groups in total. The van der Waals surface area contributed by atoms with Crippen LogP contribution in [0.15, 0.2) is 166 Å². The number of aromatic nitrogens is 6. The molecule has 24 heteroatoms. The van der Waals surface area contributed by atoms with Gasteiger partial charge >= 0.3 is 0 Å². The van der Waals surface area contributed by atoms with E-state index in [1.165, 1.54) is 120 Å². The van der Waals surface area contributed by atoms with E-state index in [0.717, 1.165) is 36.8 Å². The molecule has 96 heavy (non-hydrogen) atoms. The Bertz CT molecular complexity index is 4650. The monoisotopic (exact) mass is 1310 g/mol. The van der Waals surface area contributed by atoms with Gasteiger partial charge < -0.3 is 28.9 Å².